The monoisotopic (exact) mass is 300 g/mol. The fourth-order valence-electron chi connectivity index (χ4n) is 2.94. The minimum atomic E-state index is -0.170. The van der Waals surface area contributed by atoms with Gasteiger partial charge < -0.3 is 4.74 Å². The summed E-state index contributed by atoms with van der Waals surface area (Å²) in [6, 6.07) is 8.05. The normalized spacial score (nSPS) is 19.2. The highest BCUT2D eigenvalue weighted by Gasteiger charge is 2.33. The maximum absolute atomic E-state index is 6.19. The van der Waals surface area contributed by atoms with Crippen LogP contribution in [0.1, 0.15) is 43.9 Å². The number of fused-ring (bicyclic) bond motifs is 1. The molecule has 0 N–H and O–H groups in total. The Balaban J connectivity index is 1.83. The zero-order valence-corrected chi connectivity index (χ0v) is 12.9. The van der Waals surface area contributed by atoms with Crippen molar-refractivity contribution in [3.63, 3.8) is 0 Å². The number of hydrogen-bond acceptors (Lipinski definition) is 3. The molecule has 21 heavy (non-hydrogen) atoms. The van der Waals surface area contributed by atoms with Crippen molar-refractivity contribution in [1.29, 1.82) is 0 Å². The van der Waals surface area contributed by atoms with Crippen LogP contribution in [-0.4, -0.2) is 15.6 Å². The van der Waals surface area contributed by atoms with Crippen LogP contribution in [0.25, 0.3) is 11.4 Å². The van der Waals surface area contributed by atoms with Crippen LogP contribution in [0.3, 0.4) is 0 Å². The Morgan fingerprint density at radius 2 is 2.05 bits per heavy atom. The Morgan fingerprint density at radius 1 is 1.24 bits per heavy atom. The van der Waals surface area contributed by atoms with Gasteiger partial charge in [-0.15, -0.1) is 0 Å². The van der Waals surface area contributed by atoms with Gasteiger partial charge in [0.15, 0.2) is 5.82 Å². The van der Waals surface area contributed by atoms with E-state index in [0.29, 0.717) is 16.9 Å². The highest BCUT2D eigenvalue weighted by atomic mass is 35.5. The Kier molecular flexibility index (Phi) is 2.77. The molecule has 0 atom stereocenters. The summed E-state index contributed by atoms with van der Waals surface area (Å²) in [4.78, 5) is 9.13. The van der Waals surface area contributed by atoms with Crippen LogP contribution in [0.15, 0.2) is 24.3 Å². The third-order valence-electron chi connectivity index (χ3n) is 4.04. The summed E-state index contributed by atoms with van der Waals surface area (Å²) in [7, 11) is 0. The first-order valence-electron chi connectivity index (χ1n) is 7.38. The molecule has 0 saturated heterocycles. The lowest BCUT2D eigenvalue weighted by atomic mass is 10.0. The van der Waals surface area contributed by atoms with Crippen molar-refractivity contribution < 1.29 is 4.74 Å². The standard InChI is InChI=1S/C17H17ClN2O/c1-17(2)9-11-4-3-5-12(15(11)21-17)16-19-13(10-6-7-10)8-14(18)20-16/h3-5,8,10H,6-7,9H2,1-2H3. The van der Waals surface area contributed by atoms with Gasteiger partial charge in [-0.2, -0.15) is 0 Å². The smallest absolute Gasteiger partial charge is 0.164 e. The molecule has 0 radical (unpaired) electrons. The number of nitrogens with zero attached hydrogens (tertiary/aromatic N) is 2. The maximum Gasteiger partial charge on any atom is 0.164 e. The molecular weight excluding hydrogens is 284 g/mol. The molecule has 1 saturated carbocycles. The summed E-state index contributed by atoms with van der Waals surface area (Å²) < 4.78 is 6.11. The predicted octanol–water partition coefficient (Wildman–Crippen LogP) is 4.39. The van der Waals surface area contributed by atoms with Crippen molar-refractivity contribution in [2.45, 2.75) is 44.6 Å². The molecule has 0 bridgehead atoms. The van der Waals surface area contributed by atoms with Gasteiger partial charge in [0.05, 0.1) is 5.56 Å². The lowest BCUT2D eigenvalue weighted by Crippen LogP contribution is -2.24. The largest absolute Gasteiger partial charge is 0.486 e. The molecule has 1 aromatic heterocycles. The van der Waals surface area contributed by atoms with Crippen LogP contribution < -0.4 is 4.74 Å². The van der Waals surface area contributed by atoms with E-state index in [4.69, 9.17) is 21.3 Å². The van der Waals surface area contributed by atoms with E-state index in [2.05, 4.69) is 24.9 Å². The van der Waals surface area contributed by atoms with Gasteiger partial charge in [-0.1, -0.05) is 23.7 Å². The first kappa shape index (κ1) is 13.1. The van der Waals surface area contributed by atoms with E-state index in [-0.39, 0.29) is 5.60 Å². The third kappa shape index (κ3) is 2.40. The molecule has 108 valence electrons. The van der Waals surface area contributed by atoms with Crippen LogP contribution in [-0.2, 0) is 6.42 Å². The fourth-order valence-corrected chi connectivity index (χ4v) is 3.13. The topological polar surface area (TPSA) is 35.0 Å². The lowest BCUT2D eigenvalue weighted by Gasteiger charge is -2.18. The highest BCUT2D eigenvalue weighted by molar-refractivity contribution is 6.29. The summed E-state index contributed by atoms with van der Waals surface area (Å²) in [5.74, 6) is 2.14. The molecule has 4 heteroatoms. The zero-order valence-electron chi connectivity index (χ0n) is 12.2. The number of hydrogen-bond donors (Lipinski definition) is 0. The summed E-state index contributed by atoms with van der Waals surface area (Å²) in [6.45, 7) is 4.20. The summed E-state index contributed by atoms with van der Waals surface area (Å²) in [6.07, 6.45) is 3.30. The van der Waals surface area contributed by atoms with Gasteiger partial charge in [-0.3, -0.25) is 0 Å². The van der Waals surface area contributed by atoms with Crippen LogP contribution in [0.5, 0.6) is 5.75 Å². The number of ether oxygens (including phenoxy) is 1. The van der Waals surface area contributed by atoms with E-state index in [1.54, 1.807) is 0 Å². The van der Waals surface area contributed by atoms with Crippen molar-refractivity contribution >= 4 is 11.6 Å². The van der Waals surface area contributed by atoms with Crippen molar-refractivity contribution in [3.8, 4) is 17.1 Å². The molecular formula is C17H17ClN2O. The third-order valence-corrected chi connectivity index (χ3v) is 4.24. The number of benzene rings is 1. The molecule has 1 aromatic carbocycles. The van der Waals surface area contributed by atoms with Crippen LogP contribution in [0, 0.1) is 0 Å². The molecule has 4 rings (SSSR count). The van der Waals surface area contributed by atoms with E-state index < -0.39 is 0 Å². The van der Waals surface area contributed by atoms with Crippen molar-refractivity contribution in [2.24, 2.45) is 0 Å². The van der Waals surface area contributed by atoms with E-state index >= 15 is 0 Å². The average molecular weight is 301 g/mol. The maximum atomic E-state index is 6.19. The van der Waals surface area contributed by atoms with Crippen LogP contribution in [0.4, 0.5) is 0 Å². The Hall–Kier alpha value is -1.61. The van der Waals surface area contributed by atoms with Gasteiger partial charge >= 0.3 is 0 Å². The van der Waals surface area contributed by atoms with E-state index in [0.717, 1.165) is 23.4 Å². The van der Waals surface area contributed by atoms with Crippen LogP contribution in [0.2, 0.25) is 5.15 Å². The van der Waals surface area contributed by atoms with Gasteiger partial charge in [0.25, 0.3) is 0 Å². The van der Waals surface area contributed by atoms with Gasteiger partial charge in [-0.25, -0.2) is 9.97 Å². The van der Waals surface area contributed by atoms with Gasteiger partial charge in [0.2, 0.25) is 0 Å². The second-order valence-electron chi connectivity index (χ2n) is 6.55. The molecule has 2 heterocycles. The van der Waals surface area contributed by atoms with E-state index in [1.165, 1.54) is 18.4 Å². The van der Waals surface area contributed by atoms with Gasteiger partial charge in [0, 0.05) is 18.0 Å². The van der Waals surface area contributed by atoms with Gasteiger partial charge in [0.1, 0.15) is 16.5 Å². The molecule has 2 aromatic rings. The second kappa shape index (κ2) is 4.44. The fraction of sp³-hybridized carbons (Fsp3) is 0.412. The molecule has 0 spiro atoms. The molecule has 1 aliphatic carbocycles. The minimum absolute atomic E-state index is 0.170. The van der Waals surface area contributed by atoms with Crippen molar-refractivity contribution in [3.05, 3.63) is 40.7 Å². The summed E-state index contributed by atoms with van der Waals surface area (Å²) in [5.41, 5.74) is 3.05. The summed E-state index contributed by atoms with van der Waals surface area (Å²) in [5, 5.41) is 0.511. The number of para-hydroxylation sites is 1. The van der Waals surface area contributed by atoms with E-state index in [9.17, 15) is 0 Å². The Morgan fingerprint density at radius 3 is 2.81 bits per heavy atom. The number of aromatic nitrogens is 2. The quantitative estimate of drug-likeness (QED) is 0.772. The zero-order chi connectivity index (χ0) is 14.6. The molecule has 2 aliphatic rings. The predicted molar refractivity (Wildman–Crippen MR) is 82.9 cm³/mol. The first-order valence-corrected chi connectivity index (χ1v) is 7.75. The Bertz CT molecular complexity index is 723. The number of halogens is 1. The molecule has 0 amide bonds. The van der Waals surface area contributed by atoms with Crippen LogP contribution >= 0.6 is 11.6 Å². The SMILES string of the molecule is CC1(C)Cc2cccc(-c3nc(Cl)cc(C4CC4)n3)c2O1. The average Bonchev–Trinajstić information content (AvgIpc) is 3.19. The van der Waals surface area contributed by atoms with Crippen molar-refractivity contribution in [1.82, 2.24) is 9.97 Å². The highest BCUT2D eigenvalue weighted by Crippen LogP contribution is 2.43. The molecule has 1 fully saturated rings. The molecule has 0 unspecified atom stereocenters. The lowest BCUT2D eigenvalue weighted by molar-refractivity contribution is 0.139. The van der Waals surface area contributed by atoms with E-state index in [1.807, 2.05) is 18.2 Å². The molecule has 1 aliphatic heterocycles. The van der Waals surface area contributed by atoms with Gasteiger partial charge in [-0.05, 0) is 44.4 Å². The van der Waals surface area contributed by atoms with Crippen molar-refractivity contribution in [2.75, 3.05) is 0 Å². The molecule has 3 nitrogen and oxygen atoms in total. The first-order chi connectivity index (χ1) is 10.0. The minimum Gasteiger partial charge on any atom is -0.486 e. The second-order valence-corrected chi connectivity index (χ2v) is 6.93. The Labute approximate surface area is 129 Å². The number of rotatable bonds is 2. The summed E-state index contributed by atoms with van der Waals surface area (Å²) >= 11 is 6.19.